The minimum atomic E-state index is -0.183. The standard InChI is InChI=1S/C16H15NO2/c18-15-8-4-2-6-12(15)10-16(19)14-9-11-5-1-3-7-13(11)17-14/h1-8,14,17-18H,9-10H2. The first-order valence-electron chi connectivity index (χ1n) is 6.38. The van der Waals surface area contributed by atoms with Gasteiger partial charge in [-0.25, -0.2) is 0 Å². The van der Waals surface area contributed by atoms with Crippen LogP contribution in [0.4, 0.5) is 5.69 Å². The Morgan fingerprint density at radius 3 is 2.68 bits per heavy atom. The molecule has 96 valence electrons. The highest BCUT2D eigenvalue weighted by Gasteiger charge is 2.26. The maximum absolute atomic E-state index is 12.3. The maximum atomic E-state index is 12.3. The molecule has 0 fully saturated rings. The number of hydrogen-bond donors (Lipinski definition) is 2. The molecule has 1 unspecified atom stereocenters. The van der Waals surface area contributed by atoms with Crippen LogP contribution >= 0.6 is 0 Å². The van der Waals surface area contributed by atoms with Crippen molar-refractivity contribution < 1.29 is 9.90 Å². The quantitative estimate of drug-likeness (QED) is 0.883. The number of phenols is 1. The summed E-state index contributed by atoms with van der Waals surface area (Å²) in [4.78, 5) is 12.3. The highest BCUT2D eigenvalue weighted by molar-refractivity contribution is 5.91. The van der Waals surface area contributed by atoms with E-state index >= 15 is 0 Å². The van der Waals surface area contributed by atoms with Crippen LogP contribution in [0.1, 0.15) is 11.1 Å². The Morgan fingerprint density at radius 1 is 1.16 bits per heavy atom. The van der Waals surface area contributed by atoms with Crippen molar-refractivity contribution in [3.8, 4) is 5.75 Å². The first-order valence-corrected chi connectivity index (χ1v) is 6.38. The summed E-state index contributed by atoms with van der Waals surface area (Å²) in [6, 6.07) is 14.8. The SMILES string of the molecule is O=C(Cc1ccccc1O)C1Cc2ccccc2N1. The van der Waals surface area contributed by atoms with Gasteiger partial charge in [-0.15, -0.1) is 0 Å². The summed E-state index contributed by atoms with van der Waals surface area (Å²) >= 11 is 0. The lowest BCUT2D eigenvalue weighted by atomic mass is 10.0. The number of carbonyl (C=O) groups excluding carboxylic acids is 1. The van der Waals surface area contributed by atoms with Crippen LogP contribution in [-0.4, -0.2) is 16.9 Å². The van der Waals surface area contributed by atoms with Gasteiger partial charge in [0.25, 0.3) is 0 Å². The van der Waals surface area contributed by atoms with Crippen molar-refractivity contribution >= 4 is 11.5 Å². The Bertz CT molecular complexity index is 597. The Hall–Kier alpha value is -2.29. The molecule has 0 aromatic heterocycles. The van der Waals surface area contributed by atoms with E-state index in [1.165, 1.54) is 5.56 Å². The molecule has 0 saturated carbocycles. The van der Waals surface area contributed by atoms with E-state index in [0.29, 0.717) is 5.56 Å². The number of aromatic hydroxyl groups is 1. The average molecular weight is 253 g/mol. The lowest BCUT2D eigenvalue weighted by molar-refractivity contribution is -0.119. The number of carbonyl (C=O) groups is 1. The molecule has 0 bridgehead atoms. The van der Waals surface area contributed by atoms with E-state index < -0.39 is 0 Å². The molecule has 19 heavy (non-hydrogen) atoms. The van der Waals surface area contributed by atoms with E-state index in [1.807, 2.05) is 30.3 Å². The molecule has 2 N–H and O–H groups in total. The second kappa shape index (κ2) is 4.76. The zero-order valence-corrected chi connectivity index (χ0v) is 10.5. The van der Waals surface area contributed by atoms with Crippen molar-refractivity contribution in [1.82, 2.24) is 0 Å². The number of Topliss-reactive ketones (excluding diaryl/α,β-unsaturated/α-hetero) is 1. The molecular formula is C16H15NO2. The van der Waals surface area contributed by atoms with Crippen LogP contribution < -0.4 is 5.32 Å². The molecule has 0 amide bonds. The topological polar surface area (TPSA) is 49.3 Å². The number of phenolic OH excluding ortho intramolecular Hbond substituents is 1. The van der Waals surface area contributed by atoms with Crippen LogP contribution in [0.5, 0.6) is 5.75 Å². The molecule has 0 radical (unpaired) electrons. The predicted octanol–water partition coefficient (Wildman–Crippen LogP) is 2.54. The normalized spacial score (nSPS) is 16.7. The zero-order valence-electron chi connectivity index (χ0n) is 10.5. The Labute approximate surface area is 111 Å². The predicted molar refractivity (Wildman–Crippen MR) is 74.4 cm³/mol. The molecule has 1 heterocycles. The van der Waals surface area contributed by atoms with E-state index in [4.69, 9.17) is 0 Å². The zero-order chi connectivity index (χ0) is 13.2. The molecule has 0 aliphatic carbocycles. The molecule has 0 spiro atoms. The summed E-state index contributed by atoms with van der Waals surface area (Å²) < 4.78 is 0. The monoisotopic (exact) mass is 253 g/mol. The number of anilines is 1. The summed E-state index contributed by atoms with van der Waals surface area (Å²) in [6.45, 7) is 0. The first kappa shape index (κ1) is 11.8. The second-order valence-corrected chi connectivity index (χ2v) is 4.83. The number of benzene rings is 2. The summed E-state index contributed by atoms with van der Waals surface area (Å²) in [7, 11) is 0. The largest absolute Gasteiger partial charge is 0.508 e. The van der Waals surface area contributed by atoms with Gasteiger partial charge in [0, 0.05) is 24.1 Å². The van der Waals surface area contributed by atoms with Crippen molar-refractivity contribution in [2.45, 2.75) is 18.9 Å². The van der Waals surface area contributed by atoms with Gasteiger partial charge in [0.2, 0.25) is 0 Å². The smallest absolute Gasteiger partial charge is 0.159 e. The Kier molecular flexibility index (Phi) is 2.95. The maximum Gasteiger partial charge on any atom is 0.159 e. The molecule has 3 nitrogen and oxygen atoms in total. The van der Waals surface area contributed by atoms with E-state index in [1.54, 1.807) is 18.2 Å². The third-order valence-electron chi connectivity index (χ3n) is 3.52. The van der Waals surface area contributed by atoms with Gasteiger partial charge in [-0.05, 0) is 17.7 Å². The van der Waals surface area contributed by atoms with Gasteiger partial charge in [-0.1, -0.05) is 36.4 Å². The van der Waals surface area contributed by atoms with Crippen molar-refractivity contribution in [1.29, 1.82) is 0 Å². The van der Waals surface area contributed by atoms with Crippen molar-refractivity contribution in [3.05, 3.63) is 59.7 Å². The van der Waals surface area contributed by atoms with Gasteiger partial charge in [-0.3, -0.25) is 4.79 Å². The number of para-hydroxylation sites is 2. The van der Waals surface area contributed by atoms with Gasteiger partial charge in [-0.2, -0.15) is 0 Å². The first-order chi connectivity index (χ1) is 9.24. The Balaban J connectivity index is 1.72. The minimum Gasteiger partial charge on any atom is -0.508 e. The van der Waals surface area contributed by atoms with E-state index in [-0.39, 0.29) is 24.0 Å². The van der Waals surface area contributed by atoms with Crippen LogP contribution in [0.2, 0.25) is 0 Å². The molecule has 3 heteroatoms. The van der Waals surface area contributed by atoms with E-state index in [9.17, 15) is 9.90 Å². The average Bonchev–Trinajstić information content (AvgIpc) is 2.85. The molecule has 0 saturated heterocycles. The fourth-order valence-electron chi connectivity index (χ4n) is 2.46. The second-order valence-electron chi connectivity index (χ2n) is 4.83. The third-order valence-corrected chi connectivity index (χ3v) is 3.52. The van der Waals surface area contributed by atoms with Crippen molar-refractivity contribution in [3.63, 3.8) is 0 Å². The molecule has 2 aromatic rings. The number of hydrogen-bond acceptors (Lipinski definition) is 3. The number of fused-ring (bicyclic) bond motifs is 1. The van der Waals surface area contributed by atoms with Gasteiger partial charge in [0.05, 0.1) is 6.04 Å². The molecular weight excluding hydrogens is 238 g/mol. The number of nitrogens with one attached hydrogen (secondary N) is 1. The fourth-order valence-corrected chi connectivity index (χ4v) is 2.46. The van der Waals surface area contributed by atoms with Gasteiger partial charge in [0.1, 0.15) is 5.75 Å². The van der Waals surface area contributed by atoms with E-state index in [2.05, 4.69) is 5.32 Å². The molecule has 1 atom stereocenters. The number of ketones is 1. The Morgan fingerprint density at radius 2 is 1.89 bits per heavy atom. The van der Waals surface area contributed by atoms with Crippen LogP contribution in [-0.2, 0) is 17.6 Å². The van der Waals surface area contributed by atoms with Crippen molar-refractivity contribution in [2.24, 2.45) is 0 Å². The fraction of sp³-hybridized carbons (Fsp3) is 0.188. The lowest BCUT2D eigenvalue weighted by Crippen LogP contribution is -2.28. The van der Waals surface area contributed by atoms with Crippen molar-refractivity contribution in [2.75, 3.05) is 5.32 Å². The summed E-state index contributed by atoms with van der Waals surface area (Å²) in [5.74, 6) is 0.295. The molecule has 2 aromatic carbocycles. The van der Waals surface area contributed by atoms with E-state index in [0.717, 1.165) is 12.1 Å². The molecule has 3 rings (SSSR count). The number of rotatable bonds is 3. The van der Waals surface area contributed by atoms with Crippen LogP contribution in [0.15, 0.2) is 48.5 Å². The van der Waals surface area contributed by atoms with Crippen LogP contribution in [0.25, 0.3) is 0 Å². The minimum absolute atomic E-state index is 0.109. The van der Waals surface area contributed by atoms with Gasteiger partial charge >= 0.3 is 0 Å². The summed E-state index contributed by atoms with van der Waals surface area (Å²) in [6.07, 6.45) is 0.987. The summed E-state index contributed by atoms with van der Waals surface area (Å²) in [5, 5.41) is 12.9. The van der Waals surface area contributed by atoms with Gasteiger partial charge in [0.15, 0.2) is 5.78 Å². The van der Waals surface area contributed by atoms with Crippen LogP contribution in [0, 0.1) is 0 Å². The van der Waals surface area contributed by atoms with Gasteiger partial charge < -0.3 is 10.4 Å². The van der Waals surface area contributed by atoms with Crippen LogP contribution in [0.3, 0.4) is 0 Å². The molecule has 1 aliphatic rings. The lowest BCUT2D eigenvalue weighted by Gasteiger charge is -2.10. The highest BCUT2D eigenvalue weighted by Crippen LogP contribution is 2.26. The highest BCUT2D eigenvalue weighted by atomic mass is 16.3. The third kappa shape index (κ3) is 2.32. The summed E-state index contributed by atoms with van der Waals surface area (Å²) in [5.41, 5.74) is 2.90. The molecule has 1 aliphatic heterocycles.